The van der Waals surface area contributed by atoms with Crippen molar-refractivity contribution in [3.8, 4) is 22.9 Å². The number of allylic oxidation sites excluding steroid dienone is 2. The van der Waals surface area contributed by atoms with Crippen LogP contribution in [0.2, 0.25) is 0 Å². The highest BCUT2D eigenvalue weighted by atomic mass is 16.5. The first-order chi connectivity index (χ1) is 11.2. The summed E-state index contributed by atoms with van der Waals surface area (Å²) in [5.74, 6) is 0.857. The number of nitrogens with zero attached hydrogens (tertiary/aromatic N) is 1. The average Bonchev–Trinajstić information content (AvgIpc) is 2.60. The Hall–Kier alpha value is -2.53. The molecule has 0 aromatic heterocycles. The van der Waals surface area contributed by atoms with Crippen LogP contribution >= 0.6 is 0 Å². The highest BCUT2D eigenvalue weighted by Gasteiger charge is 2.12. The molecule has 0 saturated carbocycles. The Morgan fingerprint density at radius 2 is 1.96 bits per heavy atom. The zero-order valence-electron chi connectivity index (χ0n) is 14.1. The first-order valence-corrected chi connectivity index (χ1v) is 8.01. The Labute approximate surface area is 139 Å². The van der Waals surface area contributed by atoms with Crippen molar-refractivity contribution in [2.75, 3.05) is 7.11 Å². The number of hydrogen-bond acceptors (Lipinski definition) is 2. The van der Waals surface area contributed by atoms with Crippen molar-refractivity contribution < 1.29 is 4.74 Å². The van der Waals surface area contributed by atoms with Crippen LogP contribution in [0.3, 0.4) is 0 Å². The molecule has 0 atom stereocenters. The number of nitriles is 1. The maximum atomic E-state index is 9.35. The first-order valence-electron chi connectivity index (χ1n) is 8.01. The van der Waals surface area contributed by atoms with Crippen molar-refractivity contribution in [1.29, 1.82) is 5.26 Å². The topological polar surface area (TPSA) is 33.0 Å². The SMILES string of the molecule is CCC/C(C)=C\Cc1cc(C#N)cc(-c2ccccc2)c1OC. The molecule has 0 amide bonds. The lowest BCUT2D eigenvalue weighted by molar-refractivity contribution is 0.412. The molecule has 0 saturated heterocycles. The van der Waals surface area contributed by atoms with Gasteiger partial charge in [0.25, 0.3) is 0 Å². The van der Waals surface area contributed by atoms with Gasteiger partial charge in [-0.1, -0.05) is 55.3 Å². The molecule has 118 valence electrons. The van der Waals surface area contributed by atoms with E-state index in [2.05, 4.69) is 26.0 Å². The first kappa shape index (κ1) is 16.8. The van der Waals surface area contributed by atoms with Crippen molar-refractivity contribution in [3.63, 3.8) is 0 Å². The van der Waals surface area contributed by atoms with Crippen LogP contribution in [0.5, 0.6) is 5.75 Å². The second-order valence-corrected chi connectivity index (χ2v) is 5.70. The van der Waals surface area contributed by atoms with E-state index in [4.69, 9.17) is 4.74 Å². The van der Waals surface area contributed by atoms with Crippen molar-refractivity contribution in [1.82, 2.24) is 0 Å². The fourth-order valence-electron chi connectivity index (χ4n) is 2.76. The van der Waals surface area contributed by atoms with Gasteiger partial charge in [-0.15, -0.1) is 0 Å². The van der Waals surface area contributed by atoms with Crippen LogP contribution in [0.15, 0.2) is 54.1 Å². The van der Waals surface area contributed by atoms with E-state index in [1.54, 1.807) is 7.11 Å². The van der Waals surface area contributed by atoms with Crippen LogP contribution in [-0.2, 0) is 6.42 Å². The molecule has 0 aliphatic heterocycles. The number of ether oxygens (including phenoxy) is 1. The molecule has 2 aromatic rings. The van der Waals surface area contributed by atoms with Gasteiger partial charge in [0.15, 0.2) is 0 Å². The minimum absolute atomic E-state index is 0.668. The molecule has 0 N–H and O–H groups in total. The fourth-order valence-corrected chi connectivity index (χ4v) is 2.76. The summed E-state index contributed by atoms with van der Waals surface area (Å²) in [7, 11) is 1.69. The summed E-state index contributed by atoms with van der Waals surface area (Å²) in [5.41, 5.74) is 5.14. The third-order valence-corrected chi connectivity index (χ3v) is 3.90. The normalized spacial score (nSPS) is 11.1. The second kappa shape index (κ2) is 8.19. The van der Waals surface area contributed by atoms with E-state index in [1.807, 2.05) is 42.5 Å². The van der Waals surface area contributed by atoms with Gasteiger partial charge in [0.05, 0.1) is 18.7 Å². The van der Waals surface area contributed by atoms with Crippen molar-refractivity contribution in [2.45, 2.75) is 33.1 Å². The lowest BCUT2D eigenvalue weighted by Gasteiger charge is -2.14. The Kier molecular flexibility index (Phi) is 6.00. The zero-order valence-corrected chi connectivity index (χ0v) is 14.1. The number of rotatable bonds is 6. The molecule has 2 aromatic carbocycles. The van der Waals surface area contributed by atoms with Gasteiger partial charge < -0.3 is 4.74 Å². The Balaban J connectivity index is 2.50. The van der Waals surface area contributed by atoms with Gasteiger partial charge in [0, 0.05) is 5.56 Å². The van der Waals surface area contributed by atoms with Gasteiger partial charge in [-0.2, -0.15) is 5.26 Å². The molecule has 0 aliphatic rings. The van der Waals surface area contributed by atoms with Crippen LogP contribution in [0, 0.1) is 11.3 Å². The predicted octanol–water partition coefficient (Wildman–Crippen LogP) is 5.52. The number of hydrogen-bond donors (Lipinski definition) is 0. The summed E-state index contributed by atoms with van der Waals surface area (Å²) in [4.78, 5) is 0. The fraction of sp³-hybridized carbons (Fsp3) is 0.286. The predicted molar refractivity (Wildman–Crippen MR) is 95.5 cm³/mol. The smallest absolute Gasteiger partial charge is 0.130 e. The number of methoxy groups -OCH3 is 1. The van der Waals surface area contributed by atoms with E-state index in [1.165, 1.54) is 5.57 Å². The quantitative estimate of drug-likeness (QED) is 0.658. The monoisotopic (exact) mass is 305 g/mol. The molecule has 2 rings (SSSR count). The van der Waals surface area contributed by atoms with Gasteiger partial charge in [-0.3, -0.25) is 0 Å². The van der Waals surface area contributed by atoms with Crippen LogP contribution in [0.4, 0.5) is 0 Å². The summed E-state index contributed by atoms with van der Waals surface area (Å²) in [6.45, 7) is 4.34. The summed E-state index contributed by atoms with van der Waals surface area (Å²) in [6.07, 6.45) is 5.26. The Bertz CT molecular complexity index is 723. The third-order valence-electron chi connectivity index (χ3n) is 3.90. The Morgan fingerprint density at radius 1 is 1.22 bits per heavy atom. The molecule has 2 heteroatoms. The average molecular weight is 305 g/mol. The summed E-state index contributed by atoms with van der Waals surface area (Å²) in [6, 6.07) is 16.2. The molecular formula is C21H23NO. The molecule has 0 fully saturated rings. The standard InChI is InChI=1S/C21H23NO/c1-4-8-16(2)11-12-19-13-17(15-22)14-20(21(19)23-3)18-9-6-5-7-10-18/h5-7,9-11,13-14H,4,8,12H2,1-3H3/b16-11-. The molecule has 0 heterocycles. The van der Waals surface area contributed by atoms with Gasteiger partial charge >= 0.3 is 0 Å². The van der Waals surface area contributed by atoms with E-state index < -0.39 is 0 Å². The van der Waals surface area contributed by atoms with Crippen LogP contribution in [-0.4, -0.2) is 7.11 Å². The minimum atomic E-state index is 0.668. The van der Waals surface area contributed by atoms with Crippen LogP contribution < -0.4 is 4.74 Å². The molecule has 0 unspecified atom stereocenters. The largest absolute Gasteiger partial charge is 0.496 e. The van der Waals surface area contributed by atoms with Crippen LogP contribution in [0.1, 0.15) is 37.8 Å². The van der Waals surface area contributed by atoms with Crippen LogP contribution in [0.25, 0.3) is 11.1 Å². The molecule has 0 spiro atoms. The maximum absolute atomic E-state index is 9.35. The lowest BCUT2D eigenvalue weighted by atomic mass is 9.96. The molecular weight excluding hydrogens is 282 g/mol. The minimum Gasteiger partial charge on any atom is -0.496 e. The van der Waals surface area contributed by atoms with Gasteiger partial charge in [-0.25, -0.2) is 0 Å². The Morgan fingerprint density at radius 3 is 2.57 bits per heavy atom. The van der Waals surface area contributed by atoms with Crippen molar-refractivity contribution in [3.05, 3.63) is 65.2 Å². The number of benzene rings is 2. The molecule has 2 nitrogen and oxygen atoms in total. The second-order valence-electron chi connectivity index (χ2n) is 5.70. The third kappa shape index (κ3) is 4.23. The van der Waals surface area contributed by atoms with Crippen molar-refractivity contribution >= 4 is 0 Å². The van der Waals surface area contributed by atoms with Gasteiger partial charge in [0.1, 0.15) is 5.75 Å². The van der Waals surface area contributed by atoms with E-state index in [0.717, 1.165) is 41.7 Å². The van der Waals surface area contributed by atoms with E-state index >= 15 is 0 Å². The summed E-state index contributed by atoms with van der Waals surface area (Å²) in [5, 5.41) is 9.35. The molecule has 0 radical (unpaired) electrons. The molecule has 0 bridgehead atoms. The lowest BCUT2D eigenvalue weighted by Crippen LogP contribution is -1.96. The van der Waals surface area contributed by atoms with E-state index in [9.17, 15) is 5.26 Å². The van der Waals surface area contributed by atoms with E-state index in [0.29, 0.717) is 5.56 Å². The van der Waals surface area contributed by atoms with Crippen molar-refractivity contribution in [2.24, 2.45) is 0 Å². The molecule has 0 aliphatic carbocycles. The summed E-state index contributed by atoms with van der Waals surface area (Å²) < 4.78 is 5.68. The highest BCUT2D eigenvalue weighted by Crippen LogP contribution is 2.35. The van der Waals surface area contributed by atoms with Gasteiger partial charge in [-0.05, 0) is 43.0 Å². The highest BCUT2D eigenvalue weighted by molar-refractivity contribution is 5.74. The molecule has 23 heavy (non-hydrogen) atoms. The van der Waals surface area contributed by atoms with Gasteiger partial charge in [0.2, 0.25) is 0 Å². The zero-order chi connectivity index (χ0) is 16.7. The summed E-state index contributed by atoms with van der Waals surface area (Å²) >= 11 is 0. The van der Waals surface area contributed by atoms with E-state index in [-0.39, 0.29) is 0 Å². The maximum Gasteiger partial charge on any atom is 0.130 e.